The first-order valence-corrected chi connectivity index (χ1v) is 7.34. The summed E-state index contributed by atoms with van der Waals surface area (Å²) in [6.45, 7) is 1.67. The third kappa shape index (κ3) is 2.60. The fourth-order valence-electron chi connectivity index (χ4n) is 2.68. The Morgan fingerprint density at radius 2 is 2.30 bits per heavy atom. The van der Waals surface area contributed by atoms with Crippen LogP contribution in [-0.2, 0) is 13.6 Å². The second-order valence-electron chi connectivity index (χ2n) is 5.02. The lowest BCUT2D eigenvalue weighted by molar-refractivity contribution is 0.238. The summed E-state index contributed by atoms with van der Waals surface area (Å²) in [7, 11) is 1.83. The normalized spacial score (nSPS) is 19.6. The molecule has 1 aromatic heterocycles. The molecule has 0 N–H and O–H groups in total. The first-order valence-electron chi connectivity index (χ1n) is 6.55. The van der Waals surface area contributed by atoms with Gasteiger partial charge < -0.3 is 0 Å². The van der Waals surface area contributed by atoms with Gasteiger partial charge in [-0.3, -0.25) is 4.90 Å². The van der Waals surface area contributed by atoms with Crippen LogP contribution in [0.3, 0.4) is 0 Å². The van der Waals surface area contributed by atoms with Crippen LogP contribution in [0.25, 0.3) is 0 Å². The number of hydrogen-bond donors (Lipinski definition) is 0. The summed E-state index contributed by atoms with van der Waals surface area (Å²) in [5.74, 6) is 0.615. The Hall–Kier alpha value is -1.34. The van der Waals surface area contributed by atoms with E-state index in [1.807, 2.05) is 13.1 Å². The van der Waals surface area contributed by atoms with Gasteiger partial charge in [0.1, 0.15) is 5.82 Å². The van der Waals surface area contributed by atoms with Crippen molar-refractivity contribution in [3.8, 4) is 0 Å². The van der Waals surface area contributed by atoms with Crippen LogP contribution < -0.4 is 0 Å². The molecule has 1 fully saturated rings. The number of aryl methyl sites for hydroxylation is 1. The SMILES string of the molecule is Cn1nnnc1CN1CCC[C@H]1c1ccc(Br)c(F)c1. The predicted octanol–water partition coefficient (Wildman–Crippen LogP) is 2.45. The Balaban J connectivity index is 1.81. The minimum Gasteiger partial charge on any atom is -0.289 e. The number of likely N-dealkylation sites (tertiary alicyclic amines) is 1. The van der Waals surface area contributed by atoms with E-state index in [-0.39, 0.29) is 11.9 Å². The van der Waals surface area contributed by atoms with E-state index in [1.54, 1.807) is 16.8 Å². The molecule has 0 unspecified atom stereocenters. The molecular weight excluding hydrogens is 325 g/mol. The van der Waals surface area contributed by atoms with Gasteiger partial charge in [0.2, 0.25) is 0 Å². The lowest BCUT2D eigenvalue weighted by Crippen LogP contribution is -2.24. The van der Waals surface area contributed by atoms with Crippen molar-refractivity contribution >= 4 is 15.9 Å². The first-order chi connectivity index (χ1) is 9.65. The maximum Gasteiger partial charge on any atom is 0.165 e. The zero-order valence-corrected chi connectivity index (χ0v) is 12.7. The molecule has 1 aromatic carbocycles. The van der Waals surface area contributed by atoms with Gasteiger partial charge in [-0.25, -0.2) is 9.07 Å². The van der Waals surface area contributed by atoms with Crippen molar-refractivity contribution in [3.05, 3.63) is 39.9 Å². The standard InChI is InChI=1S/C13H15BrFN5/c1-19-13(16-17-18-19)8-20-6-2-3-12(20)9-4-5-10(14)11(15)7-9/h4-5,7,12H,2-3,6,8H2,1H3/t12-/m0/s1. The molecule has 1 aliphatic rings. The van der Waals surface area contributed by atoms with Crippen LogP contribution >= 0.6 is 15.9 Å². The predicted molar refractivity (Wildman–Crippen MR) is 75.3 cm³/mol. The molecule has 0 bridgehead atoms. The Kier molecular flexibility index (Phi) is 3.80. The van der Waals surface area contributed by atoms with Gasteiger partial charge in [-0.2, -0.15) is 0 Å². The van der Waals surface area contributed by atoms with Crippen molar-refractivity contribution in [2.75, 3.05) is 6.54 Å². The minimum atomic E-state index is -0.213. The van der Waals surface area contributed by atoms with E-state index in [4.69, 9.17) is 0 Å². The maximum atomic E-state index is 13.7. The molecule has 7 heteroatoms. The third-order valence-electron chi connectivity index (χ3n) is 3.74. The number of rotatable bonds is 3. The van der Waals surface area contributed by atoms with E-state index in [2.05, 4.69) is 36.4 Å². The molecule has 0 amide bonds. The van der Waals surface area contributed by atoms with E-state index in [1.165, 1.54) is 0 Å². The molecule has 1 aliphatic heterocycles. The van der Waals surface area contributed by atoms with E-state index in [0.717, 1.165) is 30.8 Å². The van der Waals surface area contributed by atoms with Crippen LogP contribution in [0, 0.1) is 5.82 Å². The zero-order chi connectivity index (χ0) is 14.1. The summed E-state index contributed by atoms with van der Waals surface area (Å²) >= 11 is 3.19. The van der Waals surface area contributed by atoms with Gasteiger partial charge in [0.05, 0.1) is 11.0 Å². The summed E-state index contributed by atoms with van der Waals surface area (Å²) in [5.41, 5.74) is 1.01. The molecule has 0 spiro atoms. The van der Waals surface area contributed by atoms with Gasteiger partial charge in [0, 0.05) is 13.1 Å². The molecule has 0 aliphatic carbocycles. The minimum absolute atomic E-state index is 0.213. The van der Waals surface area contributed by atoms with Gasteiger partial charge in [0.25, 0.3) is 0 Å². The fourth-order valence-corrected chi connectivity index (χ4v) is 2.92. The molecule has 5 nitrogen and oxygen atoms in total. The van der Waals surface area contributed by atoms with Gasteiger partial charge >= 0.3 is 0 Å². The van der Waals surface area contributed by atoms with Gasteiger partial charge in [-0.15, -0.1) is 5.10 Å². The van der Waals surface area contributed by atoms with Crippen LogP contribution in [-0.4, -0.2) is 31.7 Å². The summed E-state index contributed by atoms with van der Waals surface area (Å²) in [6.07, 6.45) is 2.14. The fraction of sp³-hybridized carbons (Fsp3) is 0.462. The van der Waals surface area contributed by atoms with E-state index in [0.29, 0.717) is 11.0 Å². The summed E-state index contributed by atoms with van der Waals surface area (Å²) in [4.78, 5) is 2.30. The number of benzene rings is 1. The number of tetrazole rings is 1. The Bertz CT molecular complexity index is 615. The topological polar surface area (TPSA) is 46.8 Å². The van der Waals surface area contributed by atoms with Gasteiger partial charge in [-0.05, 0) is 63.4 Å². The average Bonchev–Trinajstić information content (AvgIpc) is 3.04. The summed E-state index contributed by atoms with van der Waals surface area (Å²) in [5, 5.41) is 11.5. The Labute approximate surface area is 124 Å². The van der Waals surface area contributed by atoms with Crippen molar-refractivity contribution in [2.45, 2.75) is 25.4 Å². The van der Waals surface area contributed by atoms with E-state index < -0.39 is 0 Å². The second kappa shape index (κ2) is 5.57. The smallest absolute Gasteiger partial charge is 0.165 e. The summed E-state index contributed by atoms with van der Waals surface area (Å²) < 4.78 is 15.9. The molecule has 2 heterocycles. The summed E-state index contributed by atoms with van der Waals surface area (Å²) in [6, 6.07) is 5.59. The number of nitrogens with zero attached hydrogens (tertiary/aromatic N) is 5. The van der Waals surface area contributed by atoms with Crippen molar-refractivity contribution in [1.82, 2.24) is 25.1 Å². The number of hydrogen-bond acceptors (Lipinski definition) is 4. The zero-order valence-electron chi connectivity index (χ0n) is 11.1. The molecule has 0 radical (unpaired) electrons. The molecule has 3 rings (SSSR count). The van der Waals surface area contributed by atoms with Crippen molar-refractivity contribution < 1.29 is 4.39 Å². The van der Waals surface area contributed by atoms with E-state index >= 15 is 0 Å². The lowest BCUT2D eigenvalue weighted by Gasteiger charge is -2.24. The highest BCUT2D eigenvalue weighted by Gasteiger charge is 2.27. The monoisotopic (exact) mass is 339 g/mol. The Morgan fingerprint density at radius 3 is 3.00 bits per heavy atom. The second-order valence-corrected chi connectivity index (χ2v) is 5.88. The van der Waals surface area contributed by atoms with Crippen LogP contribution in [0.5, 0.6) is 0 Å². The van der Waals surface area contributed by atoms with Crippen LogP contribution in [0.1, 0.15) is 30.3 Å². The van der Waals surface area contributed by atoms with E-state index in [9.17, 15) is 4.39 Å². The van der Waals surface area contributed by atoms with Crippen molar-refractivity contribution in [1.29, 1.82) is 0 Å². The third-order valence-corrected chi connectivity index (χ3v) is 4.39. The van der Waals surface area contributed by atoms with Crippen molar-refractivity contribution in [3.63, 3.8) is 0 Å². The molecule has 106 valence electrons. The number of halogens is 2. The number of aromatic nitrogens is 4. The van der Waals surface area contributed by atoms with Gasteiger partial charge in [0.15, 0.2) is 5.82 Å². The first kappa shape index (κ1) is 13.6. The van der Waals surface area contributed by atoms with Crippen LogP contribution in [0.15, 0.2) is 22.7 Å². The van der Waals surface area contributed by atoms with Crippen molar-refractivity contribution in [2.24, 2.45) is 7.05 Å². The molecule has 1 atom stereocenters. The Morgan fingerprint density at radius 1 is 1.45 bits per heavy atom. The highest BCUT2D eigenvalue weighted by atomic mass is 79.9. The van der Waals surface area contributed by atoms with Crippen LogP contribution in [0.4, 0.5) is 4.39 Å². The molecular formula is C13H15BrFN5. The highest BCUT2D eigenvalue weighted by Crippen LogP contribution is 2.34. The average molecular weight is 340 g/mol. The largest absolute Gasteiger partial charge is 0.289 e. The highest BCUT2D eigenvalue weighted by molar-refractivity contribution is 9.10. The molecule has 0 saturated carbocycles. The van der Waals surface area contributed by atoms with Gasteiger partial charge in [-0.1, -0.05) is 6.07 Å². The quantitative estimate of drug-likeness (QED) is 0.861. The van der Waals surface area contributed by atoms with Crippen LogP contribution in [0.2, 0.25) is 0 Å². The molecule has 2 aromatic rings. The molecule has 1 saturated heterocycles. The lowest BCUT2D eigenvalue weighted by atomic mass is 10.0. The molecule has 20 heavy (non-hydrogen) atoms. The maximum absolute atomic E-state index is 13.7.